The van der Waals surface area contributed by atoms with E-state index in [0.29, 0.717) is 23.1 Å². The van der Waals surface area contributed by atoms with Crippen molar-refractivity contribution in [1.29, 1.82) is 0 Å². The van der Waals surface area contributed by atoms with Gasteiger partial charge in [-0.05, 0) is 29.7 Å². The van der Waals surface area contributed by atoms with Crippen molar-refractivity contribution in [1.82, 2.24) is 0 Å². The van der Waals surface area contributed by atoms with Gasteiger partial charge in [0.2, 0.25) is 11.6 Å². The van der Waals surface area contributed by atoms with E-state index in [0.717, 1.165) is 30.0 Å². The normalized spacial score (nSPS) is 27.8. The molecule has 1 aliphatic heterocycles. The van der Waals surface area contributed by atoms with Crippen molar-refractivity contribution in [3.8, 4) is 0 Å². The number of hydrogen-bond acceptors (Lipinski definition) is 4. The Hall–Kier alpha value is -2.46. The second-order valence-corrected chi connectivity index (χ2v) is 7.03. The maximum atomic E-state index is 13.4. The molecule has 0 unspecified atom stereocenters. The van der Waals surface area contributed by atoms with Gasteiger partial charge in [-0.25, -0.2) is 0 Å². The van der Waals surface area contributed by atoms with Gasteiger partial charge in [-0.3, -0.25) is 9.59 Å². The van der Waals surface area contributed by atoms with E-state index in [1.54, 1.807) is 13.2 Å². The average Bonchev–Trinajstić information content (AvgIpc) is 3.01. The number of hydrogen-bond donors (Lipinski definition) is 0. The van der Waals surface area contributed by atoms with Gasteiger partial charge in [0.25, 0.3) is 0 Å². The maximum Gasteiger partial charge on any atom is 0.228 e. The van der Waals surface area contributed by atoms with E-state index in [-0.39, 0.29) is 23.2 Å². The molecule has 0 radical (unpaired) electrons. The second kappa shape index (κ2) is 5.02. The molecule has 2 aromatic carbocycles. The van der Waals surface area contributed by atoms with Crippen LogP contribution in [0.4, 0.5) is 0 Å². The van der Waals surface area contributed by atoms with E-state index < -0.39 is 5.79 Å². The summed E-state index contributed by atoms with van der Waals surface area (Å²) in [6.45, 7) is 0. The van der Waals surface area contributed by atoms with Crippen LogP contribution in [0.15, 0.2) is 47.7 Å². The van der Waals surface area contributed by atoms with Crippen molar-refractivity contribution in [3.05, 3.63) is 58.9 Å². The van der Waals surface area contributed by atoms with E-state index in [4.69, 9.17) is 9.47 Å². The van der Waals surface area contributed by atoms with Gasteiger partial charge in [0, 0.05) is 24.7 Å². The summed E-state index contributed by atoms with van der Waals surface area (Å²) in [5, 5.41) is 1.79. The highest BCUT2D eigenvalue weighted by Gasteiger charge is 2.56. The molecule has 0 amide bonds. The fourth-order valence-electron chi connectivity index (χ4n) is 4.66. The molecule has 126 valence electrons. The Bertz CT molecular complexity index is 971. The predicted octanol–water partition coefficient (Wildman–Crippen LogP) is 4.04. The molecule has 0 spiro atoms. The predicted molar refractivity (Wildman–Crippen MR) is 92.4 cm³/mol. The third-order valence-corrected chi connectivity index (χ3v) is 5.86. The van der Waals surface area contributed by atoms with Crippen LogP contribution in [0, 0.1) is 5.92 Å². The number of methoxy groups -OCH3 is 1. The first-order valence-electron chi connectivity index (χ1n) is 8.76. The molecule has 2 aromatic rings. The third-order valence-electron chi connectivity index (χ3n) is 5.86. The van der Waals surface area contributed by atoms with Crippen LogP contribution in [0.5, 0.6) is 0 Å². The Kier molecular flexibility index (Phi) is 2.98. The molecule has 1 fully saturated rings. The summed E-state index contributed by atoms with van der Waals surface area (Å²) >= 11 is 0. The highest BCUT2D eigenvalue weighted by molar-refractivity contribution is 6.30. The molecule has 4 nitrogen and oxygen atoms in total. The van der Waals surface area contributed by atoms with E-state index >= 15 is 0 Å². The molecule has 2 atom stereocenters. The first-order valence-corrected chi connectivity index (χ1v) is 8.76. The van der Waals surface area contributed by atoms with Gasteiger partial charge in [0.15, 0.2) is 11.5 Å². The molecular formula is C21H18O4. The maximum absolute atomic E-state index is 13.4. The quantitative estimate of drug-likeness (QED) is 0.790. The third kappa shape index (κ3) is 1.80. The molecule has 5 rings (SSSR count). The molecule has 1 heterocycles. The SMILES string of the molecule is CO[C@@]12CCCC[C@@H]1C1=C(O2)C(=O)c2ccc3ccccc3c2C1=O. The minimum Gasteiger partial charge on any atom is -0.457 e. The molecule has 0 aromatic heterocycles. The smallest absolute Gasteiger partial charge is 0.228 e. The molecule has 0 bridgehead atoms. The van der Waals surface area contributed by atoms with E-state index in [2.05, 4.69) is 0 Å². The van der Waals surface area contributed by atoms with E-state index in [1.807, 2.05) is 30.3 Å². The van der Waals surface area contributed by atoms with Crippen LogP contribution in [0.1, 0.15) is 46.4 Å². The van der Waals surface area contributed by atoms with Crippen molar-refractivity contribution in [2.45, 2.75) is 31.5 Å². The van der Waals surface area contributed by atoms with Gasteiger partial charge in [-0.1, -0.05) is 36.8 Å². The number of Topliss-reactive ketones (excluding diaryl/α,β-unsaturated/α-hetero) is 2. The Morgan fingerprint density at radius 1 is 1.08 bits per heavy atom. The summed E-state index contributed by atoms with van der Waals surface area (Å²) in [7, 11) is 1.61. The number of benzene rings is 2. The van der Waals surface area contributed by atoms with Gasteiger partial charge in [0.1, 0.15) is 0 Å². The molecule has 0 saturated heterocycles. The number of fused-ring (bicyclic) bond motifs is 5. The van der Waals surface area contributed by atoms with Crippen molar-refractivity contribution < 1.29 is 19.1 Å². The highest BCUT2D eigenvalue weighted by atomic mass is 16.7. The van der Waals surface area contributed by atoms with E-state index in [1.165, 1.54) is 0 Å². The molecule has 25 heavy (non-hydrogen) atoms. The Labute approximate surface area is 145 Å². The number of ether oxygens (including phenoxy) is 2. The summed E-state index contributed by atoms with van der Waals surface area (Å²) in [6, 6.07) is 11.3. The number of rotatable bonds is 1. The van der Waals surface area contributed by atoms with Crippen LogP contribution in [0.25, 0.3) is 10.8 Å². The summed E-state index contributed by atoms with van der Waals surface area (Å²) in [6.07, 6.45) is 3.51. The largest absolute Gasteiger partial charge is 0.457 e. The van der Waals surface area contributed by atoms with Crippen LogP contribution in [-0.2, 0) is 9.47 Å². The number of carbonyl (C=O) groups is 2. The van der Waals surface area contributed by atoms with Gasteiger partial charge in [-0.2, -0.15) is 0 Å². The Morgan fingerprint density at radius 2 is 1.92 bits per heavy atom. The molecule has 0 N–H and O–H groups in total. The Morgan fingerprint density at radius 3 is 2.76 bits per heavy atom. The zero-order valence-electron chi connectivity index (χ0n) is 14.0. The van der Waals surface area contributed by atoms with Gasteiger partial charge < -0.3 is 9.47 Å². The first-order chi connectivity index (χ1) is 12.2. The van der Waals surface area contributed by atoms with Crippen LogP contribution in [0.3, 0.4) is 0 Å². The monoisotopic (exact) mass is 334 g/mol. The number of ketones is 2. The fraction of sp³-hybridized carbons (Fsp3) is 0.333. The van der Waals surface area contributed by atoms with Gasteiger partial charge in [0.05, 0.1) is 11.5 Å². The molecule has 4 heteroatoms. The zero-order valence-corrected chi connectivity index (χ0v) is 14.0. The lowest BCUT2D eigenvalue weighted by Crippen LogP contribution is -2.42. The van der Waals surface area contributed by atoms with Crippen LogP contribution in [-0.4, -0.2) is 24.5 Å². The van der Waals surface area contributed by atoms with Crippen molar-refractivity contribution >= 4 is 22.3 Å². The van der Waals surface area contributed by atoms with Crippen LogP contribution in [0.2, 0.25) is 0 Å². The minimum absolute atomic E-state index is 0.0766. The molecule has 3 aliphatic rings. The molecule has 1 saturated carbocycles. The minimum atomic E-state index is -0.855. The Balaban J connectivity index is 1.74. The summed E-state index contributed by atoms with van der Waals surface area (Å²) in [5.41, 5.74) is 1.48. The van der Waals surface area contributed by atoms with Crippen LogP contribution >= 0.6 is 0 Å². The lowest BCUT2D eigenvalue weighted by Gasteiger charge is -2.37. The lowest BCUT2D eigenvalue weighted by molar-refractivity contribution is -0.220. The fourth-order valence-corrected chi connectivity index (χ4v) is 4.66. The second-order valence-electron chi connectivity index (χ2n) is 7.03. The van der Waals surface area contributed by atoms with Crippen molar-refractivity contribution in [2.75, 3.05) is 7.11 Å². The summed E-state index contributed by atoms with van der Waals surface area (Å²) < 4.78 is 11.8. The lowest BCUT2D eigenvalue weighted by atomic mass is 9.74. The van der Waals surface area contributed by atoms with Crippen molar-refractivity contribution in [3.63, 3.8) is 0 Å². The molecule has 2 aliphatic carbocycles. The van der Waals surface area contributed by atoms with E-state index in [9.17, 15) is 9.59 Å². The topological polar surface area (TPSA) is 52.6 Å². The van der Waals surface area contributed by atoms with Gasteiger partial charge >= 0.3 is 0 Å². The van der Waals surface area contributed by atoms with Gasteiger partial charge in [-0.15, -0.1) is 0 Å². The standard InChI is InChI=1S/C21H18O4/c1-24-21-11-5-4-8-15(21)17-19(23)16-13-7-3-2-6-12(13)9-10-14(16)18(22)20(17)25-21/h2-3,6-7,9-10,15H,4-5,8,11H2,1H3/t15-,21-/m1/s1. The zero-order chi connectivity index (χ0) is 17.2. The number of allylic oxidation sites excluding steroid dienone is 1. The molecular weight excluding hydrogens is 316 g/mol. The first kappa shape index (κ1) is 14.8. The average molecular weight is 334 g/mol. The number of carbonyl (C=O) groups excluding carboxylic acids is 2. The summed E-state index contributed by atoms with van der Waals surface area (Å²) in [4.78, 5) is 26.5. The van der Waals surface area contributed by atoms with Crippen LogP contribution < -0.4 is 0 Å². The highest BCUT2D eigenvalue weighted by Crippen LogP contribution is 2.52. The van der Waals surface area contributed by atoms with Crippen molar-refractivity contribution in [2.24, 2.45) is 5.92 Å². The summed E-state index contributed by atoms with van der Waals surface area (Å²) in [5.74, 6) is -1.08.